The molecule has 1 aromatic rings. The monoisotopic (exact) mass is 264 g/mol. The van der Waals surface area contributed by atoms with E-state index in [1.165, 1.54) is 27.8 Å². The summed E-state index contributed by atoms with van der Waals surface area (Å²) in [7, 11) is 0. The van der Waals surface area contributed by atoms with Gasteiger partial charge in [0.2, 0.25) is 0 Å². The zero-order valence-corrected chi connectivity index (χ0v) is 11.5. The van der Waals surface area contributed by atoms with Crippen LogP contribution < -0.4 is 0 Å². The minimum absolute atomic E-state index is 0.909. The van der Waals surface area contributed by atoms with E-state index in [2.05, 4.69) is 61.5 Å². The Balaban J connectivity index is 3.23. The molecular weight excluding hydrogens is 248 g/mol. The summed E-state index contributed by atoms with van der Waals surface area (Å²) in [5.41, 5.74) is 6.52. The summed E-state index contributed by atoms with van der Waals surface area (Å²) in [6, 6.07) is 2.24. The standard InChI is InChI=1S/C14H17Br/c1-10-9-11(2)13(4)14(12(10)3)7-5-6-8-15/h9H,6,8H2,1-4H3. The Morgan fingerprint density at radius 3 is 2.07 bits per heavy atom. The summed E-state index contributed by atoms with van der Waals surface area (Å²) < 4.78 is 0. The van der Waals surface area contributed by atoms with Crippen molar-refractivity contribution in [1.82, 2.24) is 0 Å². The second kappa shape index (κ2) is 5.37. The van der Waals surface area contributed by atoms with Gasteiger partial charge in [0.05, 0.1) is 0 Å². The summed E-state index contributed by atoms with van der Waals surface area (Å²) in [6.45, 7) is 8.61. The molecule has 80 valence electrons. The van der Waals surface area contributed by atoms with Crippen molar-refractivity contribution in [3.05, 3.63) is 33.9 Å². The van der Waals surface area contributed by atoms with E-state index in [0.717, 1.165) is 11.8 Å². The van der Waals surface area contributed by atoms with Crippen molar-refractivity contribution < 1.29 is 0 Å². The SMILES string of the molecule is Cc1cc(C)c(C)c(C#CCCBr)c1C. The van der Waals surface area contributed by atoms with Gasteiger partial charge in [-0.1, -0.05) is 33.8 Å². The molecule has 0 unspecified atom stereocenters. The van der Waals surface area contributed by atoms with Crippen molar-refractivity contribution in [3.63, 3.8) is 0 Å². The molecule has 0 aliphatic heterocycles. The topological polar surface area (TPSA) is 0 Å². The van der Waals surface area contributed by atoms with Crippen LogP contribution in [0.15, 0.2) is 6.07 Å². The minimum Gasteiger partial charge on any atom is -0.0970 e. The van der Waals surface area contributed by atoms with Gasteiger partial charge in [-0.3, -0.25) is 0 Å². The second-order valence-corrected chi connectivity index (χ2v) is 4.67. The highest BCUT2D eigenvalue weighted by atomic mass is 79.9. The van der Waals surface area contributed by atoms with Gasteiger partial charge in [0.25, 0.3) is 0 Å². The molecule has 0 nitrogen and oxygen atoms in total. The Morgan fingerprint density at radius 2 is 1.60 bits per heavy atom. The maximum absolute atomic E-state index is 3.39. The van der Waals surface area contributed by atoms with Crippen LogP contribution in [0.2, 0.25) is 0 Å². The largest absolute Gasteiger partial charge is 0.0970 e. The molecule has 0 aliphatic rings. The maximum Gasteiger partial charge on any atom is 0.0308 e. The highest BCUT2D eigenvalue weighted by Crippen LogP contribution is 2.20. The number of hydrogen-bond acceptors (Lipinski definition) is 0. The molecule has 1 rings (SSSR count). The Hall–Kier alpha value is -0.740. The third-order valence-corrected chi connectivity index (χ3v) is 3.20. The van der Waals surface area contributed by atoms with Gasteiger partial charge in [0.1, 0.15) is 0 Å². The van der Waals surface area contributed by atoms with Crippen molar-refractivity contribution in [2.45, 2.75) is 34.1 Å². The summed E-state index contributed by atoms with van der Waals surface area (Å²) in [5.74, 6) is 6.47. The Bertz CT molecular complexity index is 393. The quantitative estimate of drug-likeness (QED) is 0.530. The van der Waals surface area contributed by atoms with Crippen molar-refractivity contribution in [3.8, 4) is 11.8 Å². The zero-order chi connectivity index (χ0) is 11.4. The molecule has 0 bridgehead atoms. The minimum atomic E-state index is 0.909. The lowest BCUT2D eigenvalue weighted by atomic mass is 9.94. The molecule has 0 radical (unpaired) electrons. The van der Waals surface area contributed by atoms with Crippen molar-refractivity contribution >= 4 is 15.9 Å². The van der Waals surface area contributed by atoms with E-state index in [1.807, 2.05) is 0 Å². The molecule has 0 aliphatic carbocycles. The zero-order valence-electron chi connectivity index (χ0n) is 9.87. The van der Waals surface area contributed by atoms with Gasteiger partial charge in [-0.25, -0.2) is 0 Å². The third kappa shape index (κ3) is 2.86. The van der Waals surface area contributed by atoms with Gasteiger partial charge in [-0.2, -0.15) is 0 Å². The van der Waals surface area contributed by atoms with Crippen LogP contribution in [0, 0.1) is 39.5 Å². The average Bonchev–Trinajstić information content (AvgIpc) is 2.20. The first kappa shape index (κ1) is 12.3. The number of hydrogen-bond donors (Lipinski definition) is 0. The summed E-state index contributed by atoms with van der Waals surface area (Å²) >= 11 is 3.39. The van der Waals surface area contributed by atoms with Gasteiger partial charge in [0.15, 0.2) is 0 Å². The molecule has 15 heavy (non-hydrogen) atoms. The van der Waals surface area contributed by atoms with Crippen molar-refractivity contribution in [2.75, 3.05) is 5.33 Å². The maximum atomic E-state index is 3.39. The lowest BCUT2D eigenvalue weighted by molar-refractivity contribution is 1.22. The third-order valence-electron chi connectivity index (χ3n) is 2.80. The van der Waals surface area contributed by atoms with E-state index in [-0.39, 0.29) is 0 Å². The molecule has 1 heteroatoms. The van der Waals surface area contributed by atoms with E-state index in [4.69, 9.17) is 0 Å². The van der Waals surface area contributed by atoms with Crippen LogP contribution in [0.3, 0.4) is 0 Å². The van der Waals surface area contributed by atoms with E-state index in [0.29, 0.717) is 0 Å². The van der Waals surface area contributed by atoms with Crippen molar-refractivity contribution in [2.24, 2.45) is 0 Å². The molecule has 0 heterocycles. The first-order valence-electron chi connectivity index (χ1n) is 5.20. The molecule has 0 fully saturated rings. The molecule has 0 amide bonds. The molecule has 0 atom stereocenters. The second-order valence-electron chi connectivity index (χ2n) is 3.88. The Kier molecular flexibility index (Phi) is 4.42. The number of benzene rings is 1. The highest BCUT2D eigenvalue weighted by molar-refractivity contribution is 9.09. The molecule has 1 aromatic carbocycles. The van der Waals surface area contributed by atoms with Gasteiger partial charge in [-0.05, 0) is 49.9 Å². The van der Waals surface area contributed by atoms with Crippen LogP contribution in [-0.4, -0.2) is 5.33 Å². The summed E-state index contributed by atoms with van der Waals surface area (Å²) in [6.07, 6.45) is 0.909. The van der Waals surface area contributed by atoms with Crippen LogP contribution >= 0.6 is 15.9 Å². The normalized spacial score (nSPS) is 9.67. The van der Waals surface area contributed by atoms with Crippen LogP contribution in [0.1, 0.15) is 34.2 Å². The smallest absolute Gasteiger partial charge is 0.0308 e. The summed E-state index contributed by atoms with van der Waals surface area (Å²) in [5, 5.41) is 0.947. The van der Waals surface area contributed by atoms with E-state index in [9.17, 15) is 0 Å². The predicted molar refractivity (Wildman–Crippen MR) is 70.7 cm³/mol. The van der Waals surface area contributed by atoms with Gasteiger partial charge in [-0.15, -0.1) is 0 Å². The molecule has 0 spiro atoms. The molecular formula is C14H17Br. The van der Waals surface area contributed by atoms with Crippen LogP contribution in [0.4, 0.5) is 0 Å². The van der Waals surface area contributed by atoms with Crippen LogP contribution in [0.5, 0.6) is 0 Å². The lowest BCUT2D eigenvalue weighted by Crippen LogP contribution is -1.95. The molecule has 0 saturated heterocycles. The fourth-order valence-electron chi connectivity index (χ4n) is 1.60. The summed E-state index contributed by atoms with van der Waals surface area (Å²) in [4.78, 5) is 0. The first-order chi connectivity index (χ1) is 7.07. The Morgan fingerprint density at radius 1 is 1.07 bits per heavy atom. The van der Waals surface area contributed by atoms with Gasteiger partial charge < -0.3 is 0 Å². The van der Waals surface area contributed by atoms with Crippen molar-refractivity contribution in [1.29, 1.82) is 0 Å². The lowest BCUT2D eigenvalue weighted by Gasteiger charge is -2.10. The number of alkyl halides is 1. The van der Waals surface area contributed by atoms with E-state index in [1.54, 1.807) is 0 Å². The van der Waals surface area contributed by atoms with Crippen LogP contribution in [-0.2, 0) is 0 Å². The first-order valence-corrected chi connectivity index (χ1v) is 6.32. The predicted octanol–water partition coefficient (Wildman–Crippen LogP) is 4.06. The fourth-order valence-corrected chi connectivity index (χ4v) is 1.80. The average molecular weight is 265 g/mol. The number of rotatable bonds is 1. The van der Waals surface area contributed by atoms with Gasteiger partial charge in [0, 0.05) is 17.3 Å². The number of halogens is 1. The Labute approximate surface area is 101 Å². The van der Waals surface area contributed by atoms with E-state index >= 15 is 0 Å². The fraction of sp³-hybridized carbons (Fsp3) is 0.429. The van der Waals surface area contributed by atoms with E-state index < -0.39 is 0 Å². The number of aryl methyl sites for hydroxylation is 2. The van der Waals surface area contributed by atoms with Crippen LogP contribution in [0.25, 0.3) is 0 Å². The molecule has 0 saturated carbocycles. The van der Waals surface area contributed by atoms with Gasteiger partial charge >= 0.3 is 0 Å². The molecule has 0 N–H and O–H groups in total. The highest BCUT2D eigenvalue weighted by Gasteiger charge is 2.05. The molecule has 0 aromatic heterocycles.